The van der Waals surface area contributed by atoms with Gasteiger partial charge in [-0.2, -0.15) is 0 Å². The van der Waals surface area contributed by atoms with Crippen LogP contribution in [0.1, 0.15) is 77.3 Å². The minimum Gasteiger partial charge on any atom is -0.393 e. The van der Waals surface area contributed by atoms with Crippen LogP contribution in [0.2, 0.25) is 0 Å². The van der Waals surface area contributed by atoms with E-state index in [0.717, 1.165) is 48.8 Å². The monoisotopic (exact) mass is 380 g/mol. The van der Waals surface area contributed by atoms with Crippen molar-refractivity contribution in [3.63, 3.8) is 0 Å². The van der Waals surface area contributed by atoms with Gasteiger partial charge in [0.15, 0.2) is 0 Å². The molecule has 0 spiro atoms. The molecule has 0 aromatic carbocycles. The molecule has 0 bridgehead atoms. The third kappa shape index (κ3) is 2.88. The van der Waals surface area contributed by atoms with Gasteiger partial charge in [0, 0.05) is 17.3 Å². The summed E-state index contributed by atoms with van der Waals surface area (Å²) in [5.41, 5.74) is 3.35. The van der Waals surface area contributed by atoms with Crippen molar-refractivity contribution >= 4 is 5.71 Å². The van der Waals surface area contributed by atoms with E-state index in [4.69, 9.17) is 4.99 Å². The Labute approximate surface area is 170 Å². The number of aromatic nitrogens is 1. The van der Waals surface area contributed by atoms with Crippen LogP contribution in [0.3, 0.4) is 0 Å². The van der Waals surface area contributed by atoms with E-state index in [1.54, 1.807) is 0 Å². The predicted octanol–water partition coefficient (Wildman–Crippen LogP) is 5.43. The first-order valence-electron chi connectivity index (χ1n) is 11.6. The number of rotatable bonds is 2. The van der Waals surface area contributed by atoms with E-state index >= 15 is 0 Å². The first kappa shape index (κ1) is 18.8. The Hall–Kier alpha value is -1.22. The number of aliphatic hydroxyl groups is 1. The first-order valence-corrected chi connectivity index (χ1v) is 11.6. The summed E-state index contributed by atoms with van der Waals surface area (Å²) in [6, 6.07) is 6.13. The Bertz CT molecular complexity index is 746. The Morgan fingerprint density at radius 2 is 1.96 bits per heavy atom. The van der Waals surface area contributed by atoms with E-state index < -0.39 is 0 Å². The van der Waals surface area contributed by atoms with E-state index in [1.807, 2.05) is 12.3 Å². The van der Waals surface area contributed by atoms with Crippen LogP contribution in [0.25, 0.3) is 0 Å². The van der Waals surface area contributed by atoms with Crippen LogP contribution in [0.5, 0.6) is 0 Å². The highest BCUT2D eigenvalue weighted by atomic mass is 16.3. The SMILES string of the molecule is C[C@]12CC[C@H](O)C[C@@H]1CC[C@@H]1[C@@H]2CC[C@]2(C)C(=NCc3ccccn3)CC[C@@H]12. The highest BCUT2D eigenvalue weighted by Gasteiger charge is 2.59. The minimum absolute atomic E-state index is 0.0414. The maximum absolute atomic E-state index is 10.2. The summed E-state index contributed by atoms with van der Waals surface area (Å²) in [7, 11) is 0. The Morgan fingerprint density at radius 1 is 1.07 bits per heavy atom. The molecule has 0 unspecified atom stereocenters. The van der Waals surface area contributed by atoms with Gasteiger partial charge < -0.3 is 5.11 Å². The molecule has 3 heteroatoms. The van der Waals surface area contributed by atoms with Crippen LogP contribution in [-0.2, 0) is 6.54 Å². The lowest BCUT2D eigenvalue weighted by molar-refractivity contribution is -0.113. The van der Waals surface area contributed by atoms with Crippen molar-refractivity contribution in [3.8, 4) is 0 Å². The largest absolute Gasteiger partial charge is 0.393 e. The Kier molecular flexibility index (Phi) is 4.65. The standard InChI is InChI=1S/C25H36N2O/c1-24-12-10-19(28)15-17(24)6-7-20-21-8-9-23(25(21,2)13-11-22(20)24)27-16-18-5-3-4-14-26-18/h3-5,14,17,19-22,28H,6-13,15-16H2,1-2H3/t17-,19-,20-,21-,22-,24-,25-/m0/s1. The normalized spacial score (nSPS) is 46.7. The highest BCUT2D eigenvalue weighted by molar-refractivity contribution is 5.92. The number of fused-ring (bicyclic) bond motifs is 5. The molecule has 152 valence electrons. The summed E-state index contributed by atoms with van der Waals surface area (Å²) in [6.07, 6.45) is 13.1. The van der Waals surface area contributed by atoms with Gasteiger partial charge in [-0.05, 0) is 99.0 Å². The van der Waals surface area contributed by atoms with Gasteiger partial charge >= 0.3 is 0 Å². The molecular weight excluding hydrogens is 344 g/mol. The molecule has 0 amide bonds. The van der Waals surface area contributed by atoms with Gasteiger partial charge in [-0.3, -0.25) is 9.98 Å². The zero-order valence-corrected chi connectivity index (χ0v) is 17.6. The van der Waals surface area contributed by atoms with E-state index in [1.165, 1.54) is 50.7 Å². The van der Waals surface area contributed by atoms with Crippen molar-refractivity contribution in [3.05, 3.63) is 30.1 Å². The molecule has 28 heavy (non-hydrogen) atoms. The number of pyridine rings is 1. The second-order valence-corrected chi connectivity index (χ2v) is 10.7. The maximum Gasteiger partial charge on any atom is 0.0811 e. The van der Waals surface area contributed by atoms with Crippen molar-refractivity contribution < 1.29 is 5.11 Å². The quantitative estimate of drug-likeness (QED) is 0.744. The average Bonchev–Trinajstić information content (AvgIpc) is 3.04. The Morgan fingerprint density at radius 3 is 2.79 bits per heavy atom. The number of hydrogen-bond acceptors (Lipinski definition) is 3. The van der Waals surface area contributed by atoms with Crippen LogP contribution in [0.4, 0.5) is 0 Å². The molecule has 4 aliphatic rings. The summed E-state index contributed by atoms with van der Waals surface area (Å²) < 4.78 is 0. The fraction of sp³-hybridized carbons (Fsp3) is 0.760. The molecule has 1 N–H and O–H groups in total. The molecule has 7 atom stereocenters. The molecule has 1 heterocycles. The molecule has 5 rings (SSSR count). The number of hydrogen-bond donors (Lipinski definition) is 1. The van der Waals surface area contributed by atoms with Gasteiger partial charge in [0.1, 0.15) is 0 Å². The topological polar surface area (TPSA) is 45.5 Å². The number of aliphatic imine (C=N–C) groups is 1. The van der Waals surface area contributed by atoms with E-state index in [0.29, 0.717) is 10.8 Å². The molecule has 4 fully saturated rings. The zero-order valence-electron chi connectivity index (χ0n) is 17.6. The predicted molar refractivity (Wildman–Crippen MR) is 113 cm³/mol. The summed E-state index contributed by atoms with van der Waals surface area (Å²) in [4.78, 5) is 9.58. The van der Waals surface area contributed by atoms with Crippen LogP contribution in [0, 0.1) is 34.5 Å². The second kappa shape index (κ2) is 6.93. The van der Waals surface area contributed by atoms with Gasteiger partial charge in [0.25, 0.3) is 0 Å². The van der Waals surface area contributed by atoms with Gasteiger partial charge in [-0.15, -0.1) is 0 Å². The molecule has 1 aromatic heterocycles. The van der Waals surface area contributed by atoms with E-state index in [9.17, 15) is 5.11 Å². The van der Waals surface area contributed by atoms with Crippen LogP contribution in [-0.4, -0.2) is 21.9 Å². The maximum atomic E-state index is 10.2. The van der Waals surface area contributed by atoms with Crippen molar-refractivity contribution in [2.24, 2.45) is 39.5 Å². The minimum atomic E-state index is -0.0414. The van der Waals surface area contributed by atoms with Crippen molar-refractivity contribution in [1.29, 1.82) is 0 Å². The molecule has 0 radical (unpaired) electrons. The highest BCUT2D eigenvalue weighted by Crippen LogP contribution is 2.65. The first-order chi connectivity index (χ1) is 13.5. The zero-order chi connectivity index (χ0) is 19.4. The fourth-order valence-electron chi connectivity index (χ4n) is 7.95. The fourth-order valence-corrected chi connectivity index (χ4v) is 7.95. The van der Waals surface area contributed by atoms with Crippen LogP contribution >= 0.6 is 0 Å². The smallest absolute Gasteiger partial charge is 0.0811 e. The molecule has 0 aliphatic heterocycles. The summed E-state index contributed by atoms with van der Waals surface area (Å²) in [5.74, 6) is 3.31. The lowest BCUT2D eigenvalue weighted by Crippen LogP contribution is -2.54. The van der Waals surface area contributed by atoms with Gasteiger partial charge in [0.05, 0.1) is 18.3 Å². The van der Waals surface area contributed by atoms with Gasteiger partial charge in [0.2, 0.25) is 0 Å². The average molecular weight is 381 g/mol. The van der Waals surface area contributed by atoms with Crippen molar-refractivity contribution in [2.45, 2.75) is 84.3 Å². The van der Waals surface area contributed by atoms with Gasteiger partial charge in [-0.1, -0.05) is 19.9 Å². The van der Waals surface area contributed by atoms with Crippen LogP contribution < -0.4 is 0 Å². The molecule has 1 aromatic rings. The summed E-state index contributed by atoms with van der Waals surface area (Å²) in [6.45, 7) is 5.84. The van der Waals surface area contributed by atoms with Crippen molar-refractivity contribution in [1.82, 2.24) is 4.98 Å². The molecular formula is C25H36N2O. The van der Waals surface area contributed by atoms with Crippen molar-refractivity contribution in [2.75, 3.05) is 0 Å². The van der Waals surface area contributed by atoms with Crippen LogP contribution in [0.15, 0.2) is 29.4 Å². The van der Waals surface area contributed by atoms with E-state index in [2.05, 4.69) is 31.0 Å². The summed E-state index contributed by atoms with van der Waals surface area (Å²) >= 11 is 0. The Balaban J connectivity index is 1.37. The molecule has 3 nitrogen and oxygen atoms in total. The third-order valence-corrected chi connectivity index (χ3v) is 9.54. The lowest BCUT2D eigenvalue weighted by Gasteiger charge is -2.60. The lowest BCUT2D eigenvalue weighted by atomic mass is 9.45. The second-order valence-electron chi connectivity index (χ2n) is 10.7. The number of aliphatic hydroxyl groups excluding tert-OH is 1. The van der Waals surface area contributed by atoms with E-state index in [-0.39, 0.29) is 6.10 Å². The number of nitrogens with zero attached hydrogens (tertiary/aromatic N) is 2. The van der Waals surface area contributed by atoms with Gasteiger partial charge in [-0.25, -0.2) is 0 Å². The molecule has 4 aliphatic carbocycles. The molecule has 0 saturated heterocycles. The third-order valence-electron chi connectivity index (χ3n) is 9.54. The summed E-state index contributed by atoms with van der Waals surface area (Å²) in [5, 5.41) is 10.2. The molecule has 4 saturated carbocycles.